The van der Waals surface area contributed by atoms with Gasteiger partial charge in [-0.2, -0.15) is 0 Å². The highest BCUT2D eigenvalue weighted by atomic mass is 16.1. The van der Waals surface area contributed by atoms with Gasteiger partial charge in [0.25, 0.3) is 0 Å². The molecule has 44 valence electrons. The smallest absolute Gasteiger partial charge is 0.123 e. The van der Waals surface area contributed by atoms with Gasteiger partial charge in [0, 0.05) is 12.0 Å². The lowest BCUT2D eigenvalue weighted by Crippen LogP contribution is -1.78. The van der Waals surface area contributed by atoms with Crippen molar-refractivity contribution >= 4 is 12.2 Å². The highest BCUT2D eigenvalue weighted by molar-refractivity contribution is 5.55. The summed E-state index contributed by atoms with van der Waals surface area (Å²) in [5.41, 5.74) is 0.608. The third-order valence-electron chi connectivity index (χ3n) is 0.811. The van der Waals surface area contributed by atoms with Crippen molar-refractivity contribution in [2.24, 2.45) is 0 Å². The second-order valence-electron chi connectivity index (χ2n) is 1.59. The van der Waals surface area contributed by atoms with E-state index >= 15 is 0 Å². The molecule has 0 aliphatic heterocycles. The Balaban J connectivity index is 3.39. The molecule has 0 rings (SSSR count). The highest BCUT2D eigenvalue weighted by Gasteiger charge is 1.86. The molecule has 0 heterocycles. The molecule has 0 radical (unpaired) electrons. The summed E-state index contributed by atoms with van der Waals surface area (Å²) < 4.78 is 0. The number of hydrogen-bond acceptors (Lipinski definition) is 2. The highest BCUT2D eigenvalue weighted by Crippen LogP contribution is 1.94. The summed E-state index contributed by atoms with van der Waals surface area (Å²) in [6.45, 7) is 1.66. The molecular formula is C6H8O2. The van der Waals surface area contributed by atoms with Gasteiger partial charge < -0.3 is 4.79 Å². The van der Waals surface area contributed by atoms with Crippen LogP contribution in [0.3, 0.4) is 0 Å². The van der Waals surface area contributed by atoms with Crippen molar-refractivity contribution in [2.45, 2.75) is 19.8 Å². The fourth-order valence-corrected chi connectivity index (χ4v) is 0.326. The maximum absolute atomic E-state index is 9.73. The summed E-state index contributed by atoms with van der Waals surface area (Å²) in [4.78, 5) is 19.4. The molecule has 2 nitrogen and oxygen atoms in total. The van der Waals surface area contributed by atoms with Gasteiger partial charge in [0.15, 0.2) is 0 Å². The number of carbonyl (C=O) groups excluding carboxylic acids is 2. The van der Waals surface area contributed by atoms with Gasteiger partial charge in [-0.1, -0.05) is 0 Å². The predicted octanol–water partition coefficient (Wildman–Crippen LogP) is 0.743. The molecule has 0 saturated carbocycles. The van der Waals surface area contributed by atoms with E-state index in [1.807, 2.05) is 0 Å². The van der Waals surface area contributed by atoms with E-state index in [9.17, 15) is 9.59 Å². The number of allylic oxidation sites excluding steroid dienone is 1. The minimum Gasteiger partial charge on any atom is -0.303 e. The van der Waals surface area contributed by atoms with E-state index in [1.165, 1.54) is 0 Å². The molecule has 0 bridgehead atoms. The van der Waals surface area contributed by atoms with Crippen LogP contribution in [0.4, 0.5) is 0 Å². The summed E-state index contributed by atoms with van der Waals surface area (Å²) in [5, 5.41) is 0. The second-order valence-corrected chi connectivity index (χ2v) is 1.59. The molecule has 0 aromatic rings. The molecule has 0 fully saturated rings. The lowest BCUT2D eigenvalue weighted by Gasteiger charge is -1.84. The van der Waals surface area contributed by atoms with Gasteiger partial charge in [-0.05, 0) is 13.3 Å². The number of hydrogen-bond donors (Lipinski definition) is 0. The Hall–Kier alpha value is -0.880. The average Bonchev–Trinajstić information content (AvgIpc) is 1.83. The molecule has 2 heteroatoms. The fourth-order valence-electron chi connectivity index (χ4n) is 0.326. The van der Waals surface area contributed by atoms with Crippen LogP contribution >= 0.6 is 0 Å². The molecular weight excluding hydrogens is 104 g/mol. The minimum atomic E-state index is 0.432. The van der Waals surface area contributed by atoms with E-state index in [1.54, 1.807) is 12.9 Å². The van der Waals surface area contributed by atoms with Crippen LogP contribution in [0, 0.1) is 0 Å². The molecule has 0 unspecified atom stereocenters. The molecule has 0 saturated heterocycles. The van der Waals surface area contributed by atoms with Gasteiger partial charge in [-0.3, -0.25) is 0 Å². The third kappa shape index (κ3) is 3.32. The average molecular weight is 112 g/mol. The molecule has 0 aliphatic rings. The Morgan fingerprint density at radius 3 is 2.75 bits per heavy atom. The molecule has 0 spiro atoms. The number of rotatable bonds is 3. The van der Waals surface area contributed by atoms with Crippen molar-refractivity contribution in [2.75, 3.05) is 0 Å². The maximum atomic E-state index is 9.73. The molecule has 0 aliphatic carbocycles. The van der Waals surface area contributed by atoms with Gasteiger partial charge >= 0.3 is 0 Å². The first-order valence-corrected chi connectivity index (χ1v) is 2.45. The van der Waals surface area contributed by atoms with Crippen LogP contribution in [-0.2, 0) is 9.59 Å². The Morgan fingerprint density at radius 1 is 1.75 bits per heavy atom. The summed E-state index contributed by atoms with van der Waals surface area (Å²) in [5.74, 6) is 1.71. The zero-order valence-corrected chi connectivity index (χ0v) is 4.81. The Labute approximate surface area is 48.2 Å². The summed E-state index contributed by atoms with van der Waals surface area (Å²) in [6.07, 6.45) is 1.77. The Bertz CT molecular complexity index is 120. The largest absolute Gasteiger partial charge is 0.303 e. The van der Waals surface area contributed by atoms with Crippen LogP contribution in [-0.4, -0.2) is 12.2 Å². The van der Waals surface area contributed by atoms with Crippen LogP contribution < -0.4 is 0 Å². The fraction of sp³-hybridized carbons (Fsp3) is 0.500. The zero-order chi connectivity index (χ0) is 6.41. The molecule has 0 aromatic heterocycles. The zero-order valence-electron chi connectivity index (χ0n) is 4.81. The van der Waals surface area contributed by atoms with Crippen LogP contribution in [0.1, 0.15) is 19.8 Å². The topological polar surface area (TPSA) is 34.1 Å². The predicted molar refractivity (Wildman–Crippen MR) is 30.2 cm³/mol. The summed E-state index contributed by atoms with van der Waals surface area (Å²) >= 11 is 0. The molecule has 8 heavy (non-hydrogen) atoms. The van der Waals surface area contributed by atoms with Gasteiger partial charge in [0.2, 0.25) is 0 Å². The maximum Gasteiger partial charge on any atom is 0.123 e. The summed E-state index contributed by atoms with van der Waals surface area (Å²) in [7, 11) is 0. The van der Waals surface area contributed by atoms with Gasteiger partial charge in [0.05, 0.1) is 0 Å². The minimum absolute atomic E-state index is 0.432. The van der Waals surface area contributed by atoms with E-state index in [0.29, 0.717) is 18.4 Å². The van der Waals surface area contributed by atoms with Crippen molar-refractivity contribution < 1.29 is 9.59 Å². The van der Waals surface area contributed by atoms with Crippen molar-refractivity contribution in [3.05, 3.63) is 5.57 Å². The van der Waals surface area contributed by atoms with E-state index in [-0.39, 0.29) is 0 Å². The number of aldehydes is 1. The Kier molecular flexibility index (Phi) is 3.81. The van der Waals surface area contributed by atoms with Gasteiger partial charge in [0.1, 0.15) is 12.2 Å². The summed E-state index contributed by atoms with van der Waals surface area (Å²) in [6, 6.07) is 0. The van der Waals surface area contributed by atoms with Crippen LogP contribution in [0.5, 0.6) is 0 Å². The van der Waals surface area contributed by atoms with E-state index in [2.05, 4.69) is 0 Å². The number of carbonyl (C=O) groups is 1. The van der Waals surface area contributed by atoms with Crippen molar-refractivity contribution in [3.8, 4) is 0 Å². The van der Waals surface area contributed by atoms with Crippen LogP contribution in [0.15, 0.2) is 5.57 Å². The van der Waals surface area contributed by atoms with Crippen LogP contribution in [0.2, 0.25) is 0 Å². The van der Waals surface area contributed by atoms with Gasteiger partial charge in [-0.15, -0.1) is 0 Å². The molecule has 0 atom stereocenters. The normalized spacial score (nSPS) is 7.62. The second kappa shape index (κ2) is 4.28. The first-order valence-electron chi connectivity index (χ1n) is 2.45. The van der Waals surface area contributed by atoms with Gasteiger partial charge in [-0.25, -0.2) is 4.79 Å². The van der Waals surface area contributed by atoms with E-state index < -0.39 is 0 Å². The van der Waals surface area contributed by atoms with Crippen molar-refractivity contribution in [1.29, 1.82) is 0 Å². The van der Waals surface area contributed by atoms with Crippen LogP contribution in [0.25, 0.3) is 0 Å². The standard InChI is InChI=1S/C6H8O2/c1-6(5-8)3-2-4-7/h4H,2-3H2,1H3. The lowest BCUT2D eigenvalue weighted by atomic mass is 10.2. The van der Waals surface area contributed by atoms with Crippen molar-refractivity contribution in [3.63, 3.8) is 0 Å². The first kappa shape index (κ1) is 7.12. The van der Waals surface area contributed by atoms with Crippen molar-refractivity contribution in [1.82, 2.24) is 0 Å². The molecule has 0 amide bonds. The van der Waals surface area contributed by atoms with E-state index in [4.69, 9.17) is 0 Å². The van der Waals surface area contributed by atoms with E-state index in [0.717, 1.165) is 6.29 Å². The first-order chi connectivity index (χ1) is 3.81. The lowest BCUT2D eigenvalue weighted by molar-refractivity contribution is -0.107. The SMILES string of the molecule is CC(=C=O)CCC=O. The Morgan fingerprint density at radius 2 is 2.38 bits per heavy atom. The quantitative estimate of drug-likeness (QED) is 0.398. The molecule has 0 N–H and O–H groups in total. The monoisotopic (exact) mass is 112 g/mol. The third-order valence-corrected chi connectivity index (χ3v) is 0.811. The molecule has 0 aromatic carbocycles.